The van der Waals surface area contributed by atoms with E-state index in [-0.39, 0.29) is 0 Å². The van der Waals surface area contributed by atoms with Crippen molar-refractivity contribution in [1.82, 2.24) is 20.1 Å². The van der Waals surface area contributed by atoms with Crippen LogP contribution in [0.5, 0.6) is 11.5 Å². The number of ether oxygens (including phenoxy) is 2. The molecule has 1 N–H and O–H groups in total. The number of nitrogens with one attached hydrogen (secondary N) is 1. The van der Waals surface area contributed by atoms with Gasteiger partial charge >= 0.3 is 0 Å². The van der Waals surface area contributed by atoms with Gasteiger partial charge in [0.05, 0.1) is 12.8 Å². The maximum atomic E-state index is 5.95. The first-order valence-corrected chi connectivity index (χ1v) is 8.97. The van der Waals surface area contributed by atoms with E-state index in [1.54, 1.807) is 19.5 Å². The van der Waals surface area contributed by atoms with E-state index in [2.05, 4.69) is 22.3 Å². The minimum Gasteiger partial charge on any atom is -0.493 e. The third-order valence-corrected chi connectivity index (χ3v) is 4.63. The number of hydrogen-bond acceptors (Lipinski definition) is 5. The SMILES string of the molecule is COc1ccc(CNCc2c(C)nn(C)c2C)cc1OCc1cccnc1. The van der Waals surface area contributed by atoms with Gasteiger partial charge in [0.15, 0.2) is 11.5 Å². The molecule has 6 nitrogen and oxygen atoms in total. The molecule has 142 valence electrons. The molecule has 0 unspecified atom stereocenters. The van der Waals surface area contributed by atoms with Crippen LogP contribution in [0.1, 0.15) is 28.1 Å². The molecule has 2 heterocycles. The summed E-state index contributed by atoms with van der Waals surface area (Å²) in [5, 5.41) is 7.95. The van der Waals surface area contributed by atoms with Crippen LogP contribution < -0.4 is 14.8 Å². The van der Waals surface area contributed by atoms with Crippen LogP contribution in [-0.4, -0.2) is 21.9 Å². The minimum absolute atomic E-state index is 0.454. The maximum absolute atomic E-state index is 5.95. The first-order valence-electron chi connectivity index (χ1n) is 8.97. The van der Waals surface area contributed by atoms with E-state index < -0.39 is 0 Å². The summed E-state index contributed by atoms with van der Waals surface area (Å²) in [5.74, 6) is 1.45. The van der Waals surface area contributed by atoms with Gasteiger partial charge in [-0.25, -0.2) is 0 Å². The predicted molar refractivity (Wildman–Crippen MR) is 105 cm³/mol. The summed E-state index contributed by atoms with van der Waals surface area (Å²) in [6, 6.07) is 9.90. The molecule has 0 atom stereocenters. The molecule has 0 radical (unpaired) electrons. The quantitative estimate of drug-likeness (QED) is 0.663. The zero-order valence-corrected chi connectivity index (χ0v) is 16.3. The molecule has 0 saturated heterocycles. The van der Waals surface area contributed by atoms with Crippen molar-refractivity contribution in [1.29, 1.82) is 0 Å². The van der Waals surface area contributed by atoms with Crippen molar-refractivity contribution in [2.24, 2.45) is 7.05 Å². The lowest BCUT2D eigenvalue weighted by Gasteiger charge is -2.13. The number of aryl methyl sites for hydroxylation is 2. The van der Waals surface area contributed by atoms with Crippen LogP contribution in [0, 0.1) is 13.8 Å². The third-order valence-electron chi connectivity index (χ3n) is 4.63. The molecule has 0 saturated carbocycles. The van der Waals surface area contributed by atoms with Gasteiger partial charge in [0.25, 0.3) is 0 Å². The van der Waals surface area contributed by atoms with E-state index in [1.165, 1.54) is 11.3 Å². The Balaban J connectivity index is 1.63. The summed E-state index contributed by atoms with van der Waals surface area (Å²) in [4.78, 5) is 4.11. The fourth-order valence-electron chi connectivity index (χ4n) is 2.99. The highest BCUT2D eigenvalue weighted by molar-refractivity contribution is 5.43. The lowest BCUT2D eigenvalue weighted by molar-refractivity contribution is 0.283. The Morgan fingerprint density at radius 1 is 1.07 bits per heavy atom. The number of aromatic nitrogens is 3. The summed E-state index contributed by atoms with van der Waals surface area (Å²) in [7, 11) is 3.62. The van der Waals surface area contributed by atoms with Crippen LogP contribution in [-0.2, 0) is 26.7 Å². The van der Waals surface area contributed by atoms with Gasteiger partial charge in [-0.1, -0.05) is 12.1 Å². The van der Waals surface area contributed by atoms with Crippen LogP contribution in [0.15, 0.2) is 42.7 Å². The van der Waals surface area contributed by atoms with Gasteiger partial charge in [-0.15, -0.1) is 0 Å². The maximum Gasteiger partial charge on any atom is 0.161 e. The van der Waals surface area contributed by atoms with Crippen LogP contribution in [0.4, 0.5) is 0 Å². The molecule has 27 heavy (non-hydrogen) atoms. The zero-order valence-electron chi connectivity index (χ0n) is 16.3. The Morgan fingerprint density at radius 3 is 2.59 bits per heavy atom. The van der Waals surface area contributed by atoms with Crippen LogP contribution >= 0.6 is 0 Å². The Labute approximate surface area is 160 Å². The Kier molecular flexibility index (Phi) is 6.08. The normalized spacial score (nSPS) is 10.8. The lowest BCUT2D eigenvalue weighted by atomic mass is 10.1. The fourth-order valence-corrected chi connectivity index (χ4v) is 2.99. The first kappa shape index (κ1) is 18.9. The van der Waals surface area contributed by atoms with E-state index in [9.17, 15) is 0 Å². The van der Waals surface area contributed by atoms with Crippen LogP contribution in [0.2, 0.25) is 0 Å². The Hall–Kier alpha value is -2.86. The summed E-state index contributed by atoms with van der Waals surface area (Å²) < 4.78 is 13.3. The fraction of sp³-hybridized carbons (Fsp3) is 0.333. The van der Waals surface area contributed by atoms with Crippen molar-refractivity contribution in [3.63, 3.8) is 0 Å². The molecular formula is C21H26N4O2. The molecule has 0 aliphatic rings. The summed E-state index contributed by atoms with van der Waals surface area (Å²) >= 11 is 0. The topological polar surface area (TPSA) is 61.2 Å². The summed E-state index contributed by atoms with van der Waals surface area (Å²) in [6.07, 6.45) is 3.55. The number of benzene rings is 1. The van der Waals surface area contributed by atoms with Crippen molar-refractivity contribution in [3.8, 4) is 11.5 Å². The standard InChI is InChI=1S/C21H26N4O2/c1-15-19(16(2)25(3)24-15)13-23-11-17-7-8-20(26-4)21(10-17)27-14-18-6-5-9-22-12-18/h5-10,12,23H,11,13-14H2,1-4H3. The highest BCUT2D eigenvalue weighted by Gasteiger charge is 2.10. The second-order valence-electron chi connectivity index (χ2n) is 6.51. The average Bonchev–Trinajstić information content (AvgIpc) is 2.93. The molecule has 0 amide bonds. The number of hydrogen-bond donors (Lipinski definition) is 1. The number of methoxy groups -OCH3 is 1. The minimum atomic E-state index is 0.454. The van der Waals surface area contributed by atoms with Gasteiger partial charge in [-0.3, -0.25) is 9.67 Å². The van der Waals surface area contributed by atoms with Gasteiger partial charge < -0.3 is 14.8 Å². The van der Waals surface area contributed by atoms with Gasteiger partial charge in [0.1, 0.15) is 6.61 Å². The molecule has 0 aliphatic carbocycles. The first-order chi connectivity index (χ1) is 13.1. The van der Waals surface area contributed by atoms with Crippen molar-refractivity contribution >= 4 is 0 Å². The van der Waals surface area contributed by atoms with Crippen molar-refractivity contribution < 1.29 is 9.47 Å². The lowest BCUT2D eigenvalue weighted by Crippen LogP contribution is -2.14. The molecule has 3 aromatic rings. The van der Waals surface area contributed by atoms with Gasteiger partial charge in [0, 0.05) is 49.4 Å². The molecule has 6 heteroatoms. The number of pyridine rings is 1. The molecule has 0 aliphatic heterocycles. The number of nitrogens with zero attached hydrogens (tertiary/aromatic N) is 3. The predicted octanol–water partition coefficient (Wildman–Crippen LogP) is 3.31. The summed E-state index contributed by atoms with van der Waals surface area (Å²) in [6.45, 7) is 6.11. The van der Waals surface area contributed by atoms with Crippen LogP contribution in [0.25, 0.3) is 0 Å². The Morgan fingerprint density at radius 2 is 1.93 bits per heavy atom. The van der Waals surface area contributed by atoms with E-state index in [0.717, 1.165) is 41.4 Å². The van der Waals surface area contributed by atoms with Crippen molar-refractivity contribution in [2.75, 3.05) is 7.11 Å². The van der Waals surface area contributed by atoms with Gasteiger partial charge in [-0.05, 0) is 37.6 Å². The molecule has 2 aromatic heterocycles. The molecule has 1 aromatic carbocycles. The van der Waals surface area contributed by atoms with Crippen molar-refractivity contribution in [2.45, 2.75) is 33.5 Å². The number of rotatable bonds is 8. The highest BCUT2D eigenvalue weighted by atomic mass is 16.5. The molecule has 3 rings (SSSR count). The monoisotopic (exact) mass is 366 g/mol. The van der Waals surface area contributed by atoms with E-state index >= 15 is 0 Å². The van der Waals surface area contributed by atoms with E-state index in [1.807, 2.05) is 49.0 Å². The smallest absolute Gasteiger partial charge is 0.161 e. The average molecular weight is 366 g/mol. The van der Waals surface area contributed by atoms with E-state index in [0.29, 0.717) is 6.61 Å². The highest BCUT2D eigenvalue weighted by Crippen LogP contribution is 2.29. The molecule has 0 fully saturated rings. The largest absolute Gasteiger partial charge is 0.493 e. The summed E-state index contributed by atoms with van der Waals surface area (Å²) in [5.41, 5.74) is 5.66. The Bertz CT molecular complexity index is 891. The van der Waals surface area contributed by atoms with Crippen LogP contribution in [0.3, 0.4) is 0 Å². The third kappa shape index (κ3) is 4.65. The van der Waals surface area contributed by atoms with E-state index in [4.69, 9.17) is 9.47 Å². The second kappa shape index (κ2) is 8.68. The zero-order chi connectivity index (χ0) is 19.2. The molecular weight excluding hydrogens is 340 g/mol. The molecule has 0 bridgehead atoms. The second-order valence-corrected chi connectivity index (χ2v) is 6.51. The van der Waals surface area contributed by atoms with Gasteiger partial charge in [0.2, 0.25) is 0 Å². The molecule has 0 spiro atoms. The van der Waals surface area contributed by atoms with Crippen molar-refractivity contribution in [3.05, 3.63) is 70.8 Å². The van der Waals surface area contributed by atoms with Gasteiger partial charge in [-0.2, -0.15) is 5.10 Å².